The van der Waals surface area contributed by atoms with E-state index in [9.17, 15) is 13.6 Å². The van der Waals surface area contributed by atoms with Gasteiger partial charge in [0.1, 0.15) is 11.6 Å². The highest BCUT2D eigenvalue weighted by molar-refractivity contribution is 6.30. The zero-order valence-corrected chi connectivity index (χ0v) is 10.3. The van der Waals surface area contributed by atoms with Gasteiger partial charge >= 0.3 is 0 Å². The summed E-state index contributed by atoms with van der Waals surface area (Å²) in [5.74, 6) is -2.06. The van der Waals surface area contributed by atoms with Crippen LogP contribution in [0.2, 0.25) is 5.02 Å². The van der Waals surface area contributed by atoms with E-state index in [-0.39, 0.29) is 22.0 Å². The topological polar surface area (TPSA) is 55.1 Å². The standard InChI is InChI=1S/C13H9ClF2N2O/c14-7-1-2-11(12(16)3-7)13(19)18-10-5-8(15)4-9(17)6-10/h1-6H,17H2,(H,18,19). The van der Waals surface area contributed by atoms with Gasteiger partial charge in [-0.25, -0.2) is 8.78 Å². The molecule has 0 bridgehead atoms. The molecule has 1 amide bonds. The number of benzene rings is 2. The molecule has 3 nitrogen and oxygen atoms in total. The van der Waals surface area contributed by atoms with Crippen molar-refractivity contribution in [2.45, 2.75) is 0 Å². The lowest BCUT2D eigenvalue weighted by Gasteiger charge is -2.07. The van der Waals surface area contributed by atoms with Gasteiger partial charge in [0, 0.05) is 16.4 Å². The molecule has 0 aliphatic carbocycles. The summed E-state index contributed by atoms with van der Waals surface area (Å²) in [6, 6.07) is 7.22. The van der Waals surface area contributed by atoms with Gasteiger partial charge in [0.25, 0.3) is 5.91 Å². The highest BCUT2D eigenvalue weighted by atomic mass is 35.5. The van der Waals surface area contributed by atoms with E-state index in [1.54, 1.807) is 0 Å². The second-order valence-electron chi connectivity index (χ2n) is 3.85. The fourth-order valence-corrected chi connectivity index (χ4v) is 1.72. The first-order valence-corrected chi connectivity index (χ1v) is 5.66. The lowest BCUT2D eigenvalue weighted by molar-refractivity contribution is 0.102. The number of amides is 1. The molecule has 2 aromatic rings. The van der Waals surface area contributed by atoms with Crippen LogP contribution in [-0.4, -0.2) is 5.91 Å². The average molecular weight is 283 g/mol. The predicted molar refractivity (Wildman–Crippen MR) is 70.2 cm³/mol. The van der Waals surface area contributed by atoms with Crippen molar-refractivity contribution in [2.75, 3.05) is 11.1 Å². The Morgan fingerprint density at radius 1 is 1.16 bits per heavy atom. The quantitative estimate of drug-likeness (QED) is 0.829. The molecule has 0 unspecified atom stereocenters. The monoisotopic (exact) mass is 282 g/mol. The first kappa shape index (κ1) is 13.3. The van der Waals surface area contributed by atoms with Crippen LogP contribution >= 0.6 is 11.6 Å². The van der Waals surface area contributed by atoms with Gasteiger partial charge in [-0.1, -0.05) is 11.6 Å². The molecule has 0 aromatic heterocycles. The van der Waals surface area contributed by atoms with Crippen LogP contribution in [0.15, 0.2) is 36.4 Å². The van der Waals surface area contributed by atoms with Gasteiger partial charge < -0.3 is 11.1 Å². The van der Waals surface area contributed by atoms with Crippen molar-refractivity contribution in [1.82, 2.24) is 0 Å². The molecule has 0 spiro atoms. The molecule has 6 heteroatoms. The number of nitrogen functional groups attached to an aromatic ring is 1. The first-order valence-electron chi connectivity index (χ1n) is 5.28. The van der Waals surface area contributed by atoms with Crippen LogP contribution in [0.5, 0.6) is 0 Å². The first-order chi connectivity index (χ1) is 8.95. The Kier molecular flexibility index (Phi) is 3.66. The second-order valence-corrected chi connectivity index (χ2v) is 4.29. The van der Waals surface area contributed by atoms with E-state index in [1.807, 2.05) is 0 Å². The maximum Gasteiger partial charge on any atom is 0.258 e. The lowest BCUT2D eigenvalue weighted by Crippen LogP contribution is -2.14. The SMILES string of the molecule is Nc1cc(F)cc(NC(=O)c2ccc(Cl)cc2F)c1. The normalized spacial score (nSPS) is 10.3. The molecule has 0 aliphatic rings. The fraction of sp³-hybridized carbons (Fsp3) is 0. The van der Waals surface area contributed by atoms with Crippen molar-refractivity contribution in [2.24, 2.45) is 0 Å². The predicted octanol–water partition coefficient (Wildman–Crippen LogP) is 3.45. The minimum Gasteiger partial charge on any atom is -0.399 e. The van der Waals surface area contributed by atoms with Gasteiger partial charge in [-0.3, -0.25) is 4.79 Å². The number of rotatable bonds is 2. The Morgan fingerprint density at radius 3 is 2.53 bits per heavy atom. The number of nitrogens with two attached hydrogens (primary N) is 1. The molecule has 0 saturated carbocycles. The largest absolute Gasteiger partial charge is 0.399 e. The zero-order valence-electron chi connectivity index (χ0n) is 9.58. The average Bonchev–Trinajstić information content (AvgIpc) is 2.26. The van der Waals surface area contributed by atoms with Crippen molar-refractivity contribution >= 4 is 28.9 Å². The van der Waals surface area contributed by atoms with Crippen LogP contribution < -0.4 is 11.1 Å². The summed E-state index contributed by atoms with van der Waals surface area (Å²) in [6.45, 7) is 0. The second kappa shape index (κ2) is 5.24. The summed E-state index contributed by atoms with van der Waals surface area (Å²) >= 11 is 5.59. The van der Waals surface area contributed by atoms with E-state index in [2.05, 4.69) is 5.32 Å². The van der Waals surface area contributed by atoms with Gasteiger partial charge in [0.05, 0.1) is 5.56 Å². The molecular formula is C13H9ClF2N2O. The third-order valence-electron chi connectivity index (χ3n) is 2.35. The number of carbonyl (C=O) groups excluding carboxylic acids is 1. The molecule has 0 saturated heterocycles. The van der Waals surface area contributed by atoms with Crippen LogP contribution in [-0.2, 0) is 0 Å². The van der Waals surface area contributed by atoms with E-state index < -0.39 is 17.5 Å². The van der Waals surface area contributed by atoms with Gasteiger partial charge in [0.2, 0.25) is 0 Å². The van der Waals surface area contributed by atoms with E-state index >= 15 is 0 Å². The highest BCUT2D eigenvalue weighted by Gasteiger charge is 2.12. The molecule has 0 fully saturated rings. The number of halogens is 3. The van der Waals surface area contributed by atoms with Crippen molar-refractivity contribution in [3.8, 4) is 0 Å². The molecule has 19 heavy (non-hydrogen) atoms. The van der Waals surface area contributed by atoms with Crippen molar-refractivity contribution in [1.29, 1.82) is 0 Å². The summed E-state index contributed by atoms with van der Waals surface area (Å²) < 4.78 is 26.6. The van der Waals surface area contributed by atoms with Crippen molar-refractivity contribution in [3.05, 3.63) is 58.6 Å². The van der Waals surface area contributed by atoms with E-state index in [1.165, 1.54) is 18.2 Å². The molecule has 0 aliphatic heterocycles. The fourth-order valence-electron chi connectivity index (χ4n) is 1.56. The molecule has 0 atom stereocenters. The summed E-state index contributed by atoms with van der Waals surface area (Å²) in [4.78, 5) is 11.8. The molecule has 98 valence electrons. The number of carbonyl (C=O) groups is 1. The molecule has 3 N–H and O–H groups in total. The Hall–Kier alpha value is -2.14. The zero-order chi connectivity index (χ0) is 14.0. The van der Waals surface area contributed by atoms with Crippen LogP contribution in [0.25, 0.3) is 0 Å². The third kappa shape index (κ3) is 3.20. The number of hydrogen-bond acceptors (Lipinski definition) is 2. The molecule has 2 rings (SSSR count). The van der Waals surface area contributed by atoms with E-state index in [4.69, 9.17) is 17.3 Å². The minimum atomic E-state index is -0.755. The maximum absolute atomic E-state index is 13.5. The minimum absolute atomic E-state index is 0.150. The molecule has 0 radical (unpaired) electrons. The van der Waals surface area contributed by atoms with Gasteiger partial charge in [-0.15, -0.1) is 0 Å². The summed E-state index contributed by atoms with van der Waals surface area (Å²) in [6.07, 6.45) is 0. The summed E-state index contributed by atoms with van der Waals surface area (Å²) in [5.41, 5.74) is 5.56. The maximum atomic E-state index is 13.5. The Labute approximate surface area is 113 Å². The Balaban J connectivity index is 2.25. The van der Waals surface area contributed by atoms with Crippen LogP contribution in [0.4, 0.5) is 20.2 Å². The van der Waals surface area contributed by atoms with Gasteiger partial charge in [-0.05, 0) is 36.4 Å². The summed E-state index contributed by atoms with van der Waals surface area (Å²) in [7, 11) is 0. The lowest BCUT2D eigenvalue weighted by atomic mass is 10.2. The smallest absolute Gasteiger partial charge is 0.258 e. The van der Waals surface area contributed by atoms with Gasteiger partial charge in [-0.2, -0.15) is 0 Å². The number of nitrogens with one attached hydrogen (secondary N) is 1. The molecule has 2 aromatic carbocycles. The van der Waals surface area contributed by atoms with E-state index in [0.29, 0.717) is 0 Å². The highest BCUT2D eigenvalue weighted by Crippen LogP contribution is 2.19. The molecular weight excluding hydrogens is 274 g/mol. The van der Waals surface area contributed by atoms with E-state index in [0.717, 1.165) is 18.2 Å². The van der Waals surface area contributed by atoms with Crippen molar-refractivity contribution in [3.63, 3.8) is 0 Å². The van der Waals surface area contributed by atoms with Gasteiger partial charge in [0.15, 0.2) is 0 Å². The third-order valence-corrected chi connectivity index (χ3v) is 2.59. The summed E-state index contributed by atoms with van der Waals surface area (Å²) in [5, 5.41) is 2.54. The number of anilines is 2. The van der Waals surface area contributed by atoms with Crippen LogP contribution in [0.1, 0.15) is 10.4 Å². The van der Waals surface area contributed by atoms with Crippen LogP contribution in [0.3, 0.4) is 0 Å². The number of hydrogen-bond donors (Lipinski definition) is 2. The Morgan fingerprint density at radius 2 is 1.89 bits per heavy atom. The Bertz CT molecular complexity index is 626. The van der Waals surface area contributed by atoms with Crippen molar-refractivity contribution < 1.29 is 13.6 Å². The van der Waals surface area contributed by atoms with Crippen LogP contribution in [0, 0.1) is 11.6 Å². The molecule has 0 heterocycles.